The molecule has 0 N–H and O–H groups in total. The van der Waals surface area contributed by atoms with Crippen LogP contribution in [0.15, 0.2) is 37.0 Å². The Hall–Kier alpha value is -0.820. The molecule has 0 aromatic carbocycles. The molecule has 0 bridgehead atoms. The van der Waals surface area contributed by atoms with Crippen LogP contribution in [0.1, 0.15) is 52.9 Å². The van der Waals surface area contributed by atoms with E-state index in [0.29, 0.717) is 11.0 Å². The molecule has 1 aliphatic heterocycles. The molecule has 20 heavy (non-hydrogen) atoms. The highest BCUT2D eigenvalue weighted by Gasteiger charge is 2.48. The Labute approximate surface area is 125 Å². The monoisotopic (exact) mass is 273 g/mol. The number of hydrogen-bond acceptors (Lipinski definition) is 1. The Morgan fingerprint density at radius 2 is 2.00 bits per heavy atom. The van der Waals surface area contributed by atoms with Crippen molar-refractivity contribution in [3.63, 3.8) is 0 Å². The van der Waals surface area contributed by atoms with Gasteiger partial charge in [-0.05, 0) is 55.6 Å². The predicted octanol–water partition coefficient (Wildman–Crippen LogP) is 4.97. The van der Waals surface area contributed by atoms with Crippen molar-refractivity contribution < 1.29 is 0 Å². The Balaban J connectivity index is 2.10. The van der Waals surface area contributed by atoms with Gasteiger partial charge in [0.05, 0.1) is 0 Å². The summed E-state index contributed by atoms with van der Waals surface area (Å²) in [5.41, 5.74) is 2.24. The van der Waals surface area contributed by atoms with Crippen molar-refractivity contribution in [1.82, 2.24) is 4.90 Å². The van der Waals surface area contributed by atoms with Gasteiger partial charge in [0, 0.05) is 12.1 Å². The Morgan fingerprint density at radius 1 is 1.30 bits per heavy atom. The van der Waals surface area contributed by atoms with Gasteiger partial charge >= 0.3 is 0 Å². The quantitative estimate of drug-likeness (QED) is 0.654. The van der Waals surface area contributed by atoms with E-state index in [0.717, 1.165) is 12.5 Å². The minimum absolute atomic E-state index is 0.451. The first-order valence-electron chi connectivity index (χ1n) is 8.10. The topological polar surface area (TPSA) is 3.24 Å². The minimum Gasteiger partial charge on any atom is -0.293 e. The second-order valence-corrected chi connectivity index (χ2v) is 7.74. The van der Waals surface area contributed by atoms with Gasteiger partial charge in [0.15, 0.2) is 0 Å². The molecule has 0 unspecified atom stereocenters. The van der Waals surface area contributed by atoms with E-state index in [9.17, 15) is 0 Å². The average Bonchev–Trinajstić information content (AvgIpc) is 2.35. The maximum atomic E-state index is 3.95. The lowest BCUT2D eigenvalue weighted by Crippen LogP contribution is -2.59. The molecule has 1 saturated heterocycles. The molecule has 2 aliphatic rings. The molecule has 1 atom stereocenters. The lowest BCUT2D eigenvalue weighted by Gasteiger charge is -2.57. The summed E-state index contributed by atoms with van der Waals surface area (Å²) in [5.74, 6) is 0.870. The summed E-state index contributed by atoms with van der Waals surface area (Å²) in [7, 11) is 0. The van der Waals surface area contributed by atoms with Crippen molar-refractivity contribution in [1.29, 1.82) is 0 Å². The first-order valence-corrected chi connectivity index (χ1v) is 8.10. The molecule has 0 aromatic heterocycles. The van der Waals surface area contributed by atoms with E-state index < -0.39 is 0 Å². The smallest absolute Gasteiger partial charge is 0.0239 e. The van der Waals surface area contributed by atoms with Crippen LogP contribution in [0.2, 0.25) is 0 Å². The van der Waals surface area contributed by atoms with Crippen LogP contribution in [0.25, 0.3) is 0 Å². The van der Waals surface area contributed by atoms with Crippen molar-refractivity contribution in [2.75, 3.05) is 13.1 Å². The number of hydrogen-bond donors (Lipinski definition) is 0. The zero-order valence-electron chi connectivity index (χ0n) is 13.6. The highest BCUT2D eigenvalue weighted by atomic mass is 15.2. The molecule has 1 saturated carbocycles. The third kappa shape index (κ3) is 3.09. The van der Waals surface area contributed by atoms with Gasteiger partial charge in [0.25, 0.3) is 0 Å². The second-order valence-electron chi connectivity index (χ2n) is 7.74. The summed E-state index contributed by atoms with van der Waals surface area (Å²) in [5, 5.41) is 0. The van der Waals surface area contributed by atoms with E-state index in [1.165, 1.54) is 44.2 Å². The normalized spacial score (nSPS) is 27.1. The molecule has 2 rings (SSSR count). The van der Waals surface area contributed by atoms with Crippen molar-refractivity contribution >= 4 is 0 Å². The van der Waals surface area contributed by atoms with E-state index in [2.05, 4.69) is 44.9 Å². The van der Waals surface area contributed by atoms with E-state index >= 15 is 0 Å². The summed E-state index contributed by atoms with van der Waals surface area (Å²) >= 11 is 0. The van der Waals surface area contributed by atoms with Crippen LogP contribution in [0, 0.1) is 11.3 Å². The fourth-order valence-corrected chi connectivity index (χ4v) is 3.89. The fourth-order valence-electron chi connectivity index (χ4n) is 3.89. The summed E-state index contributed by atoms with van der Waals surface area (Å²) < 4.78 is 0. The van der Waals surface area contributed by atoms with Gasteiger partial charge in [-0.15, -0.1) is 0 Å². The molecular weight excluding hydrogens is 242 g/mol. The summed E-state index contributed by atoms with van der Waals surface area (Å²) in [6.07, 6.45) is 12.9. The second kappa shape index (κ2) is 5.89. The fraction of sp³-hybridized carbons (Fsp3) is 0.684. The largest absolute Gasteiger partial charge is 0.293 e. The Bertz CT molecular complexity index is 392. The molecular formula is C19H31N. The van der Waals surface area contributed by atoms with Crippen LogP contribution in [0.5, 0.6) is 0 Å². The van der Waals surface area contributed by atoms with E-state index in [4.69, 9.17) is 0 Å². The SMILES string of the molecule is C=C/C=C(\C=C)CN1CC[C@H](C(C)(C)C)CC12CCC2. The van der Waals surface area contributed by atoms with E-state index in [1.807, 2.05) is 12.2 Å². The van der Waals surface area contributed by atoms with Crippen molar-refractivity contribution in [2.45, 2.75) is 58.4 Å². The number of likely N-dealkylation sites (tertiary alicyclic amines) is 1. The van der Waals surface area contributed by atoms with Crippen LogP contribution in [-0.4, -0.2) is 23.5 Å². The van der Waals surface area contributed by atoms with Crippen LogP contribution >= 0.6 is 0 Å². The summed E-state index contributed by atoms with van der Waals surface area (Å²) in [4.78, 5) is 2.73. The maximum Gasteiger partial charge on any atom is 0.0239 e. The molecule has 0 amide bonds. The Morgan fingerprint density at radius 3 is 2.45 bits per heavy atom. The van der Waals surface area contributed by atoms with Gasteiger partial charge < -0.3 is 0 Å². The maximum absolute atomic E-state index is 3.95. The first kappa shape index (κ1) is 15.6. The van der Waals surface area contributed by atoms with Crippen LogP contribution in [0.4, 0.5) is 0 Å². The molecule has 1 heterocycles. The van der Waals surface area contributed by atoms with Gasteiger partial charge in [-0.2, -0.15) is 0 Å². The third-order valence-corrected chi connectivity index (χ3v) is 5.52. The van der Waals surface area contributed by atoms with Crippen molar-refractivity contribution in [3.05, 3.63) is 37.0 Å². The lowest BCUT2D eigenvalue weighted by atomic mass is 9.62. The van der Waals surface area contributed by atoms with Crippen LogP contribution < -0.4 is 0 Å². The van der Waals surface area contributed by atoms with E-state index in [1.54, 1.807) is 0 Å². The zero-order valence-corrected chi connectivity index (χ0v) is 13.6. The molecule has 2 fully saturated rings. The summed E-state index contributed by atoms with van der Waals surface area (Å²) in [6, 6.07) is 0. The number of allylic oxidation sites excluding steroid dienone is 2. The predicted molar refractivity (Wildman–Crippen MR) is 88.8 cm³/mol. The summed E-state index contributed by atoms with van der Waals surface area (Å²) in [6.45, 7) is 17.3. The highest BCUT2D eigenvalue weighted by molar-refractivity contribution is 5.24. The van der Waals surface area contributed by atoms with Gasteiger partial charge in [-0.3, -0.25) is 4.90 Å². The molecule has 0 radical (unpaired) electrons. The third-order valence-electron chi connectivity index (χ3n) is 5.52. The minimum atomic E-state index is 0.451. The van der Waals surface area contributed by atoms with Crippen LogP contribution in [0.3, 0.4) is 0 Å². The number of piperidine rings is 1. The number of rotatable bonds is 4. The van der Waals surface area contributed by atoms with Crippen LogP contribution in [-0.2, 0) is 0 Å². The lowest BCUT2D eigenvalue weighted by molar-refractivity contribution is -0.0533. The molecule has 1 heteroatoms. The zero-order chi connectivity index (χ0) is 14.8. The average molecular weight is 273 g/mol. The van der Waals surface area contributed by atoms with Crippen molar-refractivity contribution in [3.8, 4) is 0 Å². The first-order chi connectivity index (χ1) is 9.41. The highest BCUT2D eigenvalue weighted by Crippen LogP contribution is 2.50. The van der Waals surface area contributed by atoms with Gasteiger partial charge in [0.1, 0.15) is 0 Å². The van der Waals surface area contributed by atoms with E-state index in [-0.39, 0.29) is 0 Å². The number of nitrogens with zero attached hydrogens (tertiary/aromatic N) is 1. The van der Waals surface area contributed by atoms with Gasteiger partial charge in [-0.25, -0.2) is 0 Å². The molecule has 0 aromatic rings. The van der Waals surface area contributed by atoms with Gasteiger partial charge in [-0.1, -0.05) is 52.2 Å². The molecule has 1 aliphatic carbocycles. The Kier molecular flexibility index (Phi) is 4.59. The molecule has 112 valence electrons. The molecule has 1 spiro atoms. The molecule has 1 nitrogen and oxygen atoms in total. The van der Waals surface area contributed by atoms with Crippen molar-refractivity contribution in [2.24, 2.45) is 11.3 Å². The van der Waals surface area contributed by atoms with Gasteiger partial charge in [0.2, 0.25) is 0 Å². The standard InChI is InChI=1S/C19H31N/c1-6-9-16(7-2)15-20-13-10-17(18(3,4)5)14-19(20)11-8-12-19/h6-7,9,17H,1-2,8,10-15H2,3-5H3/b16-9+/t17-/m0/s1.